The second-order valence-corrected chi connectivity index (χ2v) is 13.7. The topological polar surface area (TPSA) is 44.5 Å². The predicted octanol–water partition coefficient (Wildman–Crippen LogP) is 1.56. The van der Waals surface area contributed by atoms with Crippen LogP contribution in [0.15, 0.2) is 0 Å². The van der Waals surface area contributed by atoms with E-state index in [1.54, 1.807) is 14.2 Å². The maximum Gasteiger partial charge on any atom is 0.335 e. The molecule has 0 rings (SSSR count). The minimum atomic E-state index is -1.96. The molecule has 0 radical (unpaired) electrons. The van der Waals surface area contributed by atoms with Gasteiger partial charge >= 0.3 is 8.56 Å². The molecule has 1 unspecified atom stereocenters. The molecule has 2 N–H and O–H groups in total. The molecule has 80 valence electrons. The summed E-state index contributed by atoms with van der Waals surface area (Å²) >= 11 is 0. The van der Waals surface area contributed by atoms with Gasteiger partial charge in [-0.1, -0.05) is 19.6 Å². The fourth-order valence-electron chi connectivity index (χ4n) is 0.956. The molecule has 5 heteroatoms. The van der Waals surface area contributed by atoms with E-state index in [-0.39, 0.29) is 5.67 Å². The average Bonchev–Trinajstić information content (AvgIpc) is 2.02. The van der Waals surface area contributed by atoms with Crippen LogP contribution in [0, 0.1) is 0 Å². The van der Waals surface area contributed by atoms with E-state index in [2.05, 4.69) is 26.2 Å². The summed E-state index contributed by atoms with van der Waals surface area (Å²) in [7, 11) is 0.219. The number of nitrogens with two attached hydrogens (primary N) is 1. The molecule has 0 aromatic rings. The van der Waals surface area contributed by atoms with Crippen LogP contribution in [0.5, 0.6) is 0 Å². The summed E-state index contributed by atoms with van der Waals surface area (Å²) in [6.45, 7) is 8.89. The fraction of sp³-hybridized carbons (Fsp3) is 1.00. The van der Waals surface area contributed by atoms with Gasteiger partial charge in [-0.05, 0) is 12.2 Å². The summed E-state index contributed by atoms with van der Waals surface area (Å²) in [5.74, 6) is 0. The molecule has 0 aliphatic carbocycles. The summed E-state index contributed by atoms with van der Waals surface area (Å²) in [6.07, 6.45) is 0. The van der Waals surface area contributed by atoms with Crippen LogP contribution < -0.4 is 5.73 Å². The van der Waals surface area contributed by atoms with Gasteiger partial charge in [0.05, 0.1) is 8.07 Å². The van der Waals surface area contributed by atoms with E-state index in [0.717, 1.165) is 6.04 Å². The first-order valence-corrected chi connectivity index (χ1v) is 10.7. The van der Waals surface area contributed by atoms with E-state index in [1.165, 1.54) is 0 Å². The summed E-state index contributed by atoms with van der Waals surface area (Å²) in [5.41, 5.74) is 6.39. The standard InChI is InChI=1S/C8H23NO2Si2/c1-10-13(6,11-2)7-8(9)12(3,4)5/h8H,7,9H2,1-6H3. The highest BCUT2D eigenvalue weighted by molar-refractivity contribution is 6.79. The molecule has 0 fully saturated rings. The molecule has 1 atom stereocenters. The first kappa shape index (κ1) is 13.3. The highest BCUT2D eigenvalue weighted by atomic mass is 28.4. The Bertz CT molecular complexity index is 155. The number of rotatable bonds is 5. The van der Waals surface area contributed by atoms with Crippen molar-refractivity contribution in [2.24, 2.45) is 5.73 Å². The molecule has 0 aliphatic rings. The monoisotopic (exact) mass is 221 g/mol. The Hall–Kier alpha value is 0.314. The van der Waals surface area contributed by atoms with Crippen molar-refractivity contribution in [1.29, 1.82) is 0 Å². The van der Waals surface area contributed by atoms with Crippen LogP contribution in [0.3, 0.4) is 0 Å². The summed E-state index contributed by atoms with van der Waals surface area (Å²) in [4.78, 5) is 0. The van der Waals surface area contributed by atoms with Gasteiger partial charge in [-0.25, -0.2) is 0 Å². The molecule has 0 aromatic heterocycles. The lowest BCUT2D eigenvalue weighted by molar-refractivity contribution is 0.249. The molecule has 0 spiro atoms. The Kier molecular flexibility index (Phi) is 4.81. The van der Waals surface area contributed by atoms with Crippen LogP contribution in [0.4, 0.5) is 0 Å². The molecule has 0 amide bonds. The van der Waals surface area contributed by atoms with Crippen molar-refractivity contribution in [2.75, 3.05) is 14.2 Å². The van der Waals surface area contributed by atoms with Gasteiger partial charge in [-0.3, -0.25) is 0 Å². The third-order valence-corrected chi connectivity index (χ3v) is 8.31. The Morgan fingerprint density at radius 3 is 1.69 bits per heavy atom. The fourth-order valence-corrected chi connectivity index (χ4v) is 5.82. The minimum absolute atomic E-state index is 0.268. The van der Waals surface area contributed by atoms with E-state index in [0.29, 0.717) is 0 Å². The first-order valence-electron chi connectivity index (χ1n) is 4.61. The van der Waals surface area contributed by atoms with E-state index in [4.69, 9.17) is 14.6 Å². The van der Waals surface area contributed by atoms with Gasteiger partial charge in [0.2, 0.25) is 0 Å². The van der Waals surface area contributed by atoms with Crippen molar-refractivity contribution < 1.29 is 8.85 Å². The van der Waals surface area contributed by atoms with Crippen molar-refractivity contribution in [2.45, 2.75) is 37.9 Å². The molecule has 0 bridgehead atoms. The molecular weight excluding hydrogens is 198 g/mol. The van der Waals surface area contributed by atoms with Crippen molar-refractivity contribution in [1.82, 2.24) is 0 Å². The zero-order valence-electron chi connectivity index (χ0n) is 9.68. The van der Waals surface area contributed by atoms with E-state index < -0.39 is 16.6 Å². The Morgan fingerprint density at radius 2 is 1.46 bits per heavy atom. The highest BCUT2D eigenvalue weighted by Gasteiger charge is 2.36. The number of hydrogen-bond acceptors (Lipinski definition) is 3. The molecule has 13 heavy (non-hydrogen) atoms. The molecule has 0 aromatic carbocycles. The number of hydrogen-bond donors (Lipinski definition) is 1. The van der Waals surface area contributed by atoms with E-state index in [1.807, 2.05) is 0 Å². The summed E-state index contributed by atoms with van der Waals surface area (Å²) in [6, 6.07) is 0.899. The maximum atomic E-state index is 6.12. The van der Waals surface area contributed by atoms with E-state index >= 15 is 0 Å². The van der Waals surface area contributed by atoms with Crippen LogP contribution in [-0.4, -0.2) is 36.5 Å². The smallest absolute Gasteiger partial charge is 0.335 e. The molecular formula is C8H23NO2Si2. The zero-order valence-corrected chi connectivity index (χ0v) is 11.7. The van der Waals surface area contributed by atoms with Crippen LogP contribution in [-0.2, 0) is 8.85 Å². The lowest BCUT2D eigenvalue weighted by Crippen LogP contribution is -2.52. The molecule has 0 saturated carbocycles. The van der Waals surface area contributed by atoms with Crippen molar-refractivity contribution in [3.8, 4) is 0 Å². The van der Waals surface area contributed by atoms with Crippen molar-refractivity contribution in [3.05, 3.63) is 0 Å². The van der Waals surface area contributed by atoms with Crippen molar-refractivity contribution in [3.63, 3.8) is 0 Å². The SMILES string of the molecule is CO[Si](C)(CC(N)[Si](C)(C)C)OC. The van der Waals surface area contributed by atoms with Gasteiger partial charge in [0.1, 0.15) is 0 Å². The zero-order chi connectivity index (χ0) is 10.7. The Balaban J connectivity index is 4.25. The molecule has 3 nitrogen and oxygen atoms in total. The van der Waals surface area contributed by atoms with E-state index in [9.17, 15) is 0 Å². The summed E-state index contributed by atoms with van der Waals surface area (Å²) in [5, 5.41) is 0. The molecule has 0 heterocycles. The predicted molar refractivity (Wildman–Crippen MR) is 61.8 cm³/mol. The average molecular weight is 221 g/mol. The van der Waals surface area contributed by atoms with Crippen molar-refractivity contribution >= 4 is 16.6 Å². The molecule has 0 aliphatic heterocycles. The van der Waals surface area contributed by atoms with Gasteiger partial charge in [-0.15, -0.1) is 0 Å². The minimum Gasteiger partial charge on any atom is -0.398 e. The maximum absolute atomic E-state index is 6.12. The van der Waals surface area contributed by atoms with Crippen LogP contribution in [0.1, 0.15) is 0 Å². The van der Waals surface area contributed by atoms with Crippen LogP contribution >= 0.6 is 0 Å². The second kappa shape index (κ2) is 4.70. The van der Waals surface area contributed by atoms with Crippen LogP contribution in [0.25, 0.3) is 0 Å². The van der Waals surface area contributed by atoms with Gasteiger partial charge in [0.25, 0.3) is 0 Å². The Labute approximate surface area is 83.9 Å². The van der Waals surface area contributed by atoms with Gasteiger partial charge < -0.3 is 14.6 Å². The largest absolute Gasteiger partial charge is 0.398 e. The van der Waals surface area contributed by atoms with Gasteiger partial charge in [0.15, 0.2) is 0 Å². The quantitative estimate of drug-likeness (QED) is 0.717. The normalized spacial score (nSPS) is 15.9. The molecule has 0 saturated heterocycles. The summed E-state index contributed by atoms with van der Waals surface area (Å²) < 4.78 is 10.8. The second-order valence-electron chi connectivity index (χ2n) is 4.72. The highest BCUT2D eigenvalue weighted by Crippen LogP contribution is 2.18. The third-order valence-electron chi connectivity index (χ3n) is 2.57. The van der Waals surface area contributed by atoms with Crippen LogP contribution in [0.2, 0.25) is 32.2 Å². The van der Waals surface area contributed by atoms with Gasteiger partial charge in [0, 0.05) is 20.3 Å². The Morgan fingerprint density at radius 1 is 1.08 bits per heavy atom. The first-order chi connectivity index (χ1) is 5.75. The lowest BCUT2D eigenvalue weighted by atomic mass is 10.8. The third kappa shape index (κ3) is 4.37. The van der Waals surface area contributed by atoms with Gasteiger partial charge in [-0.2, -0.15) is 0 Å². The lowest BCUT2D eigenvalue weighted by Gasteiger charge is -2.31.